The van der Waals surface area contributed by atoms with Crippen molar-refractivity contribution in [3.8, 4) is 39.7 Å². The first-order valence-electron chi connectivity index (χ1n) is 9.01. The molecule has 5 aromatic rings. The van der Waals surface area contributed by atoms with E-state index in [1.54, 1.807) is 24.4 Å². The zero-order valence-electron chi connectivity index (χ0n) is 16.0. The minimum Gasteiger partial charge on any atom is -0.299 e. The highest BCUT2D eigenvalue weighted by Crippen LogP contribution is 2.31. The van der Waals surface area contributed by atoms with Crippen LogP contribution >= 0.6 is 24.8 Å². The summed E-state index contributed by atoms with van der Waals surface area (Å²) in [6.45, 7) is 0. The van der Waals surface area contributed by atoms with Crippen LogP contribution in [0.2, 0.25) is 0 Å². The lowest BCUT2D eigenvalue weighted by atomic mass is 10.0. The predicted octanol–water partition coefficient (Wildman–Crippen LogP) is 5.91. The molecule has 0 aliphatic heterocycles. The summed E-state index contributed by atoms with van der Waals surface area (Å²) in [5.74, 6) is -0.282. The number of halogens is 3. The van der Waals surface area contributed by atoms with E-state index in [0.29, 0.717) is 5.56 Å². The van der Waals surface area contributed by atoms with Gasteiger partial charge in [-0.2, -0.15) is 10.4 Å². The van der Waals surface area contributed by atoms with Crippen molar-refractivity contribution >= 4 is 30.5 Å². The summed E-state index contributed by atoms with van der Waals surface area (Å²) in [5.41, 5.74) is 6.64. The van der Waals surface area contributed by atoms with Gasteiger partial charge < -0.3 is 0 Å². The monoisotopic (exact) mass is 451 g/mol. The fourth-order valence-electron chi connectivity index (χ4n) is 3.44. The van der Waals surface area contributed by atoms with Crippen LogP contribution in [-0.4, -0.2) is 19.6 Å². The van der Waals surface area contributed by atoms with Crippen LogP contribution in [0.15, 0.2) is 79.3 Å². The molecule has 0 aliphatic carbocycles. The second-order valence-electron chi connectivity index (χ2n) is 6.64. The van der Waals surface area contributed by atoms with Gasteiger partial charge in [0, 0.05) is 34.6 Å². The number of benzene rings is 2. The lowest BCUT2D eigenvalue weighted by molar-refractivity contribution is 0.628. The van der Waals surface area contributed by atoms with Crippen LogP contribution < -0.4 is 0 Å². The number of H-pyrrole nitrogens is 1. The zero-order chi connectivity index (χ0) is 19.8. The molecule has 0 fully saturated rings. The smallest absolute Gasteiger partial charge is 0.137 e. The molecular formula is C23H16Cl2FN5. The van der Waals surface area contributed by atoms with Gasteiger partial charge in [-0.15, -0.1) is 24.8 Å². The maximum Gasteiger partial charge on any atom is 0.137 e. The Morgan fingerprint density at radius 1 is 0.935 bits per heavy atom. The van der Waals surface area contributed by atoms with Gasteiger partial charge in [-0.1, -0.05) is 12.1 Å². The quantitative estimate of drug-likeness (QED) is 0.370. The molecule has 0 aliphatic rings. The minimum absolute atomic E-state index is 0. The van der Waals surface area contributed by atoms with E-state index < -0.39 is 0 Å². The summed E-state index contributed by atoms with van der Waals surface area (Å²) in [7, 11) is 0. The molecule has 3 heterocycles. The average molecular weight is 452 g/mol. The number of nitrogens with zero attached hydrogens (tertiary/aromatic N) is 4. The number of nitriles is 1. The molecule has 0 atom stereocenters. The molecule has 0 unspecified atom stereocenters. The van der Waals surface area contributed by atoms with Crippen LogP contribution in [0.5, 0.6) is 0 Å². The molecule has 0 amide bonds. The van der Waals surface area contributed by atoms with Gasteiger partial charge in [0.1, 0.15) is 11.5 Å². The Bertz CT molecular complexity index is 1380. The Labute approximate surface area is 190 Å². The second-order valence-corrected chi connectivity index (χ2v) is 6.64. The molecule has 0 saturated carbocycles. The fraction of sp³-hybridized carbons (Fsp3) is 0. The average Bonchev–Trinajstić information content (AvgIpc) is 3.41. The van der Waals surface area contributed by atoms with Crippen molar-refractivity contribution in [2.24, 2.45) is 0 Å². The van der Waals surface area contributed by atoms with Gasteiger partial charge >= 0.3 is 0 Å². The van der Waals surface area contributed by atoms with Crippen molar-refractivity contribution in [3.63, 3.8) is 0 Å². The van der Waals surface area contributed by atoms with Crippen molar-refractivity contribution in [1.82, 2.24) is 19.6 Å². The van der Waals surface area contributed by atoms with E-state index in [-0.39, 0.29) is 30.6 Å². The Kier molecular flexibility index (Phi) is 6.40. The lowest BCUT2D eigenvalue weighted by Gasteiger charge is -2.07. The number of hydrogen-bond acceptors (Lipinski definition) is 3. The molecule has 0 bridgehead atoms. The van der Waals surface area contributed by atoms with Crippen LogP contribution in [0.25, 0.3) is 39.3 Å². The van der Waals surface area contributed by atoms with Gasteiger partial charge in [0.05, 0.1) is 29.2 Å². The highest BCUT2D eigenvalue weighted by atomic mass is 35.5. The second kappa shape index (κ2) is 9.00. The summed E-state index contributed by atoms with van der Waals surface area (Å²) >= 11 is 0. The van der Waals surface area contributed by atoms with Gasteiger partial charge in [0.2, 0.25) is 0 Å². The van der Waals surface area contributed by atoms with Crippen molar-refractivity contribution in [1.29, 1.82) is 5.26 Å². The first-order valence-corrected chi connectivity index (χ1v) is 9.01. The largest absolute Gasteiger partial charge is 0.299 e. The number of aromatic amines is 1. The summed E-state index contributed by atoms with van der Waals surface area (Å²) in [6, 6.07) is 19.8. The number of aromatic nitrogens is 4. The Balaban J connectivity index is 0.00000136. The highest BCUT2D eigenvalue weighted by Gasteiger charge is 2.13. The molecule has 31 heavy (non-hydrogen) atoms. The number of imidazole rings is 1. The van der Waals surface area contributed by atoms with Gasteiger partial charge in [-0.05, 0) is 48.5 Å². The van der Waals surface area contributed by atoms with Crippen LogP contribution in [0.4, 0.5) is 4.39 Å². The topological polar surface area (TPSA) is 69.8 Å². The van der Waals surface area contributed by atoms with Crippen molar-refractivity contribution in [3.05, 3.63) is 90.6 Å². The lowest BCUT2D eigenvalue weighted by Crippen LogP contribution is -1.91. The highest BCUT2D eigenvalue weighted by molar-refractivity contribution is 5.85. The first kappa shape index (κ1) is 22.0. The number of nitrogens with one attached hydrogen (secondary N) is 1. The van der Waals surface area contributed by atoms with E-state index in [9.17, 15) is 9.65 Å². The molecule has 0 saturated heterocycles. The van der Waals surface area contributed by atoms with Crippen LogP contribution in [-0.2, 0) is 0 Å². The molecule has 5 nitrogen and oxygen atoms in total. The van der Waals surface area contributed by atoms with E-state index in [1.807, 2.05) is 47.1 Å². The normalized spacial score (nSPS) is 10.2. The molecule has 0 spiro atoms. The van der Waals surface area contributed by atoms with Gasteiger partial charge in [-0.25, -0.2) is 9.37 Å². The SMILES string of the molecule is Cl.Cl.N#Cc1cccc(-c2cnc3ccc(-c4c[nH]nc4-c4ccc(F)cc4)cn23)c1. The Hall–Kier alpha value is -3.66. The van der Waals surface area contributed by atoms with Crippen molar-refractivity contribution in [2.45, 2.75) is 0 Å². The Morgan fingerprint density at radius 2 is 1.71 bits per heavy atom. The number of hydrogen-bond donors (Lipinski definition) is 1. The molecule has 0 radical (unpaired) electrons. The van der Waals surface area contributed by atoms with Gasteiger partial charge in [0.25, 0.3) is 0 Å². The standard InChI is InChI=1S/C23H14FN5.2ClH/c24-19-7-4-16(5-8-19)23-20(12-27-28-23)18-6-9-22-26-13-21(29(22)14-18)17-3-1-2-15(10-17)11-25;;/h1-10,12-14H,(H,27,28);2*1H. The summed E-state index contributed by atoms with van der Waals surface area (Å²) in [6.07, 6.45) is 5.62. The van der Waals surface area contributed by atoms with E-state index in [0.717, 1.165) is 39.3 Å². The van der Waals surface area contributed by atoms with Crippen molar-refractivity contribution < 1.29 is 4.39 Å². The van der Waals surface area contributed by atoms with Gasteiger partial charge in [-0.3, -0.25) is 9.50 Å². The molecule has 2 aromatic carbocycles. The first-order chi connectivity index (χ1) is 14.2. The Morgan fingerprint density at radius 3 is 2.48 bits per heavy atom. The third kappa shape index (κ3) is 4.02. The fourth-order valence-corrected chi connectivity index (χ4v) is 3.44. The van der Waals surface area contributed by atoms with Gasteiger partial charge in [0.15, 0.2) is 0 Å². The van der Waals surface area contributed by atoms with Crippen LogP contribution in [0, 0.1) is 17.1 Å². The van der Waals surface area contributed by atoms with Crippen LogP contribution in [0.1, 0.15) is 5.56 Å². The zero-order valence-corrected chi connectivity index (χ0v) is 17.6. The number of rotatable bonds is 3. The molecular weight excluding hydrogens is 436 g/mol. The van der Waals surface area contributed by atoms with E-state index >= 15 is 0 Å². The summed E-state index contributed by atoms with van der Waals surface area (Å²) in [4.78, 5) is 4.48. The minimum atomic E-state index is -0.282. The third-order valence-corrected chi connectivity index (χ3v) is 4.86. The van der Waals surface area contributed by atoms with Crippen molar-refractivity contribution in [2.75, 3.05) is 0 Å². The van der Waals surface area contributed by atoms with E-state index in [1.165, 1.54) is 12.1 Å². The molecule has 3 aromatic heterocycles. The maximum absolute atomic E-state index is 13.3. The number of pyridine rings is 1. The molecule has 8 heteroatoms. The summed E-state index contributed by atoms with van der Waals surface area (Å²) < 4.78 is 15.3. The third-order valence-electron chi connectivity index (χ3n) is 4.86. The molecule has 5 rings (SSSR count). The van der Waals surface area contributed by atoms with E-state index in [4.69, 9.17) is 0 Å². The molecule has 154 valence electrons. The van der Waals surface area contributed by atoms with Crippen LogP contribution in [0.3, 0.4) is 0 Å². The maximum atomic E-state index is 13.3. The van der Waals surface area contributed by atoms with E-state index in [2.05, 4.69) is 21.3 Å². The molecule has 1 N–H and O–H groups in total. The number of fused-ring (bicyclic) bond motifs is 1. The summed E-state index contributed by atoms with van der Waals surface area (Å²) in [5, 5.41) is 16.5. The predicted molar refractivity (Wildman–Crippen MR) is 123 cm³/mol.